The molecule has 2 aliphatic rings. The summed E-state index contributed by atoms with van der Waals surface area (Å²) in [5, 5.41) is 37.8. The topological polar surface area (TPSA) is 263 Å². The minimum Gasteiger partial charge on any atom is -0.508 e. The average molecular weight is 1160 g/mol. The first kappa shape index (κ1) is 60.4. The number of nitrogens with one attached hydrogen (secondary N) is 5. The summed E-state index contributed by atoms with van der Waals surface area (Å²) in [4.78, 5) is 92.6. The third-order valence-electron chi connectivity index (χ3n) is 13.8. The van der Waals surface area contributed by atoms with E-state index in [4.69, 9.17) is 14.2 Å². The van der Waals surface area contributed by atoms with Crippen LogP contribution in [0.25, 0.3) is 21.6 Å². The smallest absolute Gasteiger partial charge is 0.255 e. The van der Waals surface area contributed by atoms with Crippen LogP contribution in [0.3, 0.4) is 0 Å². The summed E-state index contributed by atoms with van der Waals surface area (Å²) in [6.45, 7) is 9.86. The molecule has 0 spiro atoms. The van der Waals surface area contributed by atoms with Gasteiger partial charge >= 0.3 is 0 Å². The predicted molar refractivity (Wildman–Crippen MR) is 308 cm³/mol. The number of aromatic nitrogens is 2. The molecule has 6 aromatic rings. The number of aryl methyl sites for hydroxylation is 1. The number of fused-ring (bicyclic) bond motifs is 1. The van der Waals surface area contributed by atoms with E-state index in [0.29, 0.717) is 29.3 Å². The van der Waals surface area contributed by atoms with Crippen molar-refractivity contribution >= 4 is 68.9 Å². The van der Waals surface area contributed by atoms with Gasteiger partial charge in [0, 0.05) is 80.4 Å². The summed E-state index contributed by atoms with van der Waals surface area (Å²) in [6, 6.07) is 20.9. The van der Waals surface area contributed by atoms with Crippen molar-refractivity contribution in [3.05, 3.63) is 136 Å². The fourth-order valence-corrected chi connectivity index (χ4v) is 10.9. The maximum Gasteiger partial charge on any atom is 0.255 e. The van der Waals surface area contributed by atoms with Crippen LogP contribution < -0.4 is 26.6 Å². The molecule has 4 aromatic carbocycles. The highest BCUT2D eigenvalue weighted by Crippen LogP contribution is 2.38. The van der Waals surface area contributed by atoms with Gasteiger partial charge in [-0.2, -0.15) is 0 Å². The number of ether oxygens (including phenoxy) is 3. The fraction of sp³-hybridized carbons (Fsp3) is 0.390. The standard InChI is InChI=1S/C59H68FN9O11S2/c1-36-52(82-35-65-36)39-7-5-37(6-8-39)32-64-54(74)47-31-44(70)34-68(47)57(77)53(59(2,3)4)66-50(73)18-23-79-25-27-80-26-24-78-22-17-49(72)62-20-19-61-43-14-11-38(12-15-43)40-9-10-41-33-69(56(76)45(41)29-40)51(46-30-42(60)13-16-48(46)71)55(75)67-58-63-21-28-81-58/h5-16,21,28-30,35,44,47,51,53,61,70-71H,17-20,22-27,31-34H2,1-4H3,(H,62,72)(H,64,74)(H,66,73)(H,63,67,75)/t44-,47+,51?,53-/m1/s1. The van der Waals surface area contributed by atoms with Crippen molar-refractivity contribution in [2.75, 3.05) is 69.9 Å². The van der Waals surface area contributed by atoms with E-state index in [2.05, 4.69) is 36.6 Å². The monoisotopic (exact) mass is 1160 g/mol. The van der Waals surface area contributed by atoms with Crippen LogP contribution in [0.2, 0.25) is 0 Å². The highest BCUT2D eigenvalue weighted by molar-refractivity contribution is 7.14. The van der Waals surface area contributed by atoms with Crippen molar-refractivity contribution in [1.82, 2.24) is 35.7 Å². The van der Waals surface area contributed by atoms with Crippen molar-refractivity contribution in [2.45, 2.75) is 84.3 Å². The predicted octanol–water partition coefficient (Wildman–Crippen LogP) is 6.59. The zero-order valence-corrected chi connectivity index (χ0v) is 47.7. The quantitative estimate of drug-likeness (QED) is 0.0269. The number of anilines is 2. The number of benzene rings is 4. The van der Waals surface area contributed by atoms with Gasteiger partial charge in [-0.05, 0) is 76.6 Å². The molecule has 4 atom stereocenters. The van der Waals surface area contributed by atoms with E-state index in [9.17, 15) is 43.4 Å². The molecule has 82 heavy (non-hydrogen) atoms. The van der Waals surface area contributed by atoms with Crippen molar-refractivity contribution in [3.8, 4) is 27.3 Å². The number of aliphatic hydroxyl groups excluding tert-OH is 1. The number of thiazole rings is 2. The number of aromatic hydroxyl groups is 1. The Kier molecular flexibility index (Phi) is 20.9. The molecule has 1 saturated heterocycles. The van der Waals surface area contributed by atoms with Crippen molar-refractivity contribution in [3.63, 3.8) is 0 Å². The van der Waals surface area contributed by atoms with E-state index < -0.39 is 59.1 Å². The lowest BCUT2D eigenvalue weighted by molar-refractivity contribution is -0.144. The maximum atomic E-state index is 14.4. The normalized spacial score (nSPS) is 15.7. The van der Waals surface area contributed by atoms with Crippen LogP contribution in [-0.4, -0.2) is 143 Å². The number of carbonyl (C=O) groups is 6. The van der Waals surface area contributed by atoms with Gasteiger partial charge in [0.15, 0.2) is 5.13 Å². The summed E-state index contributed by atoms with van der Waals surface area (Å²) >= 11 is 2.75. The number of rotatable bonds is 27. The third kappa shape index (κ3) is 16.1. The van der Waals surface area contributed by atoms with Crippen LogP contribution in [0.1, 0.15) is 78.8 Å². The van der Waals surface area contributed by atoms with E-state index in [0.717, 1.165) is 56.7 Å². The molecule has 1 unspecified atom stereocenters. The molecule has 0 aliphatic carbocycles. The third-order valence-corrected chi connectivity index (χ3v) is 15.5. The first-order chi connectivity index (χ1) is 39.4. The number of phenols is 1. The van der Waals surface area contributed by atoms with Gasteiger partial charge in [0.1, 0.15) is 29.7 Å². The number of hydrogen-bond donors (Lipinski definition) is 7. The van der Waals surface area contributed by atoms with Gasteiger partial charge in [0.25, 0.3) is 11.8 Å². The van der Waals surface area contributed by atoms with Gasteiger partial charge in [-0.3, -0.25) is 34.1 Å². The van der Waals surface area contributed by atoms with Crippen molar-refractivity contribution < 1.29 is 57.6 Å². The second kappa shape index (κ2) is 28.3. The summed E-state index contributed by atoms with van der Waals surface area (Å²) in [5.74, 6) is -3.47. The molecule has 0 bridgehead atoms. The Labute approximate surface area is 482 Å². The van der Waals surface area contributed by atoms with Crippen molar-refractivity contribution in [2.24, 2.45) is 5.41 Å². The number of carbonyl (C=O) groups excluding carboxylic acids is 6. The van der Waals surface area contributed by atoms with Gasteiger partial charge in [-0.15, -0.1) is 22.7 Å². The summed E-state index contributed by atoms with van der Waals surface area (Å²) in [6.07, 6.45) is 0.871. The summed E-state index contributed by atoms with van der Waals surface area (Å²) < 4.78 is 31.1. The Morgan fingerprint density at radius 2 is 1.49 bits per heavy atom. The number of β-amino-alcohol motifs (C(OH)–C–C–N with tert-alkyl or cyclic N) is 1. The van der Waals surface area contributed by atoms with E-state index in [1.807, 2.05) is 88.4 Å². The minimum atomic E-state index is -1.34. The van der Waals surface area contributed by atoms with Crippen LogP contribution in [0.15, 0.2) is 102 Å². The van der Waals surface area contributed by atoms with Gasteiger partial charge in [-0.1, -0.05) is 69.3 Å². The molecule has 1 fully saturated rings. The molecule has 20 nitrogen and oxygen atoms in total. The van der Waals surface area contributed by atoms with Gasteiger partial charge in [-0.25, -0.2) is 14.4 Å². The van der Waals surface area contributed by atoms with E-state index >= 15 is 0 Å². The highest BCUT2D eigenvalue weighted by atomic mass is 32.1. The lowest BCUT2D eigenvalue weighted by Gasteiger charge is -2.35. The van der Waals surface area contributed by atoms with Crippen LogP contribution in [-0.2, 0) is 51.3 Å². The Balaban J connectivity index is 0.667. The van der Waals surface area contributed by atoms with E-state index in [-0.39, 0.29) is 102 Å². The Bertz CT molecular complexity index is 3170. The molecule has 23 heteroatoms. The summed E-state index contributed by atoms with van der Waals surface area (Å²) in [7, 11) is 0. The number of likely N-dealkylation sites (tertiary alicyclic amines) is 1. The Morgan fingerprint density at radius 3 is 2.16 bits per heavy atom. The molecular formula is C59H68FN9O11S2. The van der Waals surface area contributed by atoms with Crippen LogP contribution >= 0.6 is 22.7 Å². The second-order valence-electron chi connectivity index (χ2n) is 20.9. The number of nitrogens with zero attached hydrogens (tertiary/aromatic N) is 4. The van der Waals surface area contributed by atoms with E-state index in [1.54, 1.807) is 28.3 Å². The molecule has 4 heterocycles. The maximum absolute atomic E-state index is 14.4. The second-order valence-corrected chi connectivity index (χ2v) is 22.6. The molecule has 2 aliphatic heterocycles. The molecule has 0 radical (unpaired) electrons. The molecule has 434 valence electrons. The molecule has 0 saturated carbocycles. The average Bonchev–Trinajstić information content (AvgIpc) is 3.82. The number of aliphatic hydroxyl groups is 1. The zero-order valence-electron chi connectivity index (χ0n) is 46.1. The SMILES string of the molecule is Cc1ncsc1-c1ccc(CNC(=O)[C@@H]2C[C@@H](O)CN2C(=O)[C@@H](NC(=O)CCOCCOCCOCCC(=O)NCCNc2ccc(-c3ccc4c(c3)C(=O)N(C(C(=O)Nc3nccs3)c3cc(F)ccc3O)C4)cc2)C(C)(C)C)cc1. The molecule has 2 aromatic heterocycles. The molecular weight excluding hydrogens is 1090 g/mol. The summed E-state index contributed by atoms with van der Waals surface area (Å²) in [5.41, 5.74) is 7.41. The lowest BCUT2D eigenvalue weighted by Crippen LogP contribution is -2.57. The fourth-order valence-electron chi connectivity index (χ4n) is 9.53. The van der Waals surface area contributed by atoms with Crippen molar-refractivity contribution in [1.29, 1.82) is 0 Å². The molecule has 8 rings (SSSR count). The number of hydrogen-bond acceptors (Lipinski definition) is 16. The Hall–Kier alpha value is -7.67. The van der Waals surface area contributed by atoms with Crippen LogP contribution in [0.5, 0.6) is 5.75 Å². The minimum absolute atomic E-state index is 0.0106. The zero-order chi connectivity index (χ0) is 58.3. The first-order valence-electron chi connectivity index (χ1n) is 27.0. The highest BCUT2D eigenvalue weighted by Gasteiger charge is 2.45. The van der Waals surface area contributed by atoms with Crippen LogP contribution in [0, 0.1) is 18.2 Å². The largest absolute Gasteiger partial charge is 0.508 e. The van der Waals surface area contributed by atoms with E-state index in [1.165, 1.54) is 27.3 Å². The molecule has 7 N–H and O–H groups in total. The van der Waals surface area contributed by atoms with Gasteiger partial charge in [0.05, 0.1) is 61.8 Å². The van der Waals surface area contributed by atoms with Crippen LogP contribution in [0.4, 0.5) is 15.2 Å². The number of phenolic OH excluding ortho intramolecular Hbond substituents is 1. The lowest BCUT2D eigenvalue weighted by atomic mass is 9.85. The number of halogens is 1. The first-order valence-corrected chi connectivity index (χ1v) is 28.7. The van der Waals surface area contributed by atoms with Gasteiger partial charge in [0.2, 0.25) is 23.6 Å². The number of amides is 6. The Morgan fingerprint density at radius 1 is 0.805 bits per heavy atom. The molecule has 6 amide bonds. The van der Waals surface area contributed by atoms with Gasteiger partial charge < -0.3 is 55.5 Å².